The summed E-state index contributed by atoms with van der Waals surface area (Å²) in [4.78, 5) is 22.0. The first-order valence-corrected chi connectivity index (χ1v) is 7.43. The van der Waals surface area contributed by atoms with Crippen LogP contribution in [0.25, 0.3) is 11.3 Å². The summed E-state index contributed by atoms with van der Waals surface area (Å²) in [5.41, 5.74) is 5.86. The lowest BCUT2D eigenvalue weighted by Gasteiger charge is -2.27. The van der Waals surface area contributed by atoms with Gasteiger partial charge in [-0.2, -0.15) is 0 Å². The quantitative estimate of drug-likeness (QED) is 0.944. The van der Waals surface area contributed by atoms with Gasteiger partial charge in [0.1, 0.15) is 17.3 Å². The molecule has 3 rings (SSSR count). The van der Waals surface area contributed by atoms with E-state index < -0.39 is 17.5 Å². The molecular formula is C16H16F2N4O. The van der Waals surface area contributed by atoms with Gasteiger partial charge in [-0.05, 0) is 37.5 Å². The number of carbonyl (C=O) groups is 1. The smallest absolute Gasteiger partial charge is 0.267 e. The Morgan fingerprint density at radius 2 is 1.65 bits per heavy atom. The van der Waals surface area contributed by atoms with E-state index in [0.717, 1.165) is 50.6 Å². The first kappa shape index (κ1) is 15.3. The first-order chi connectivity index (χ1) is 11.0. The predicted octanol–water partition coefficient (Wildman–Crippen LogP) is 2.51. The van der Waals surface area contributed by atoms with Crippen molar-refractivity contribution in [1.29, 1.82) is 0 Å². The molecule has 0 spiro atoms. The summed E-state index contributed by atoms with van der Waals surface area (Å²) in [6, 6.07) is 4.46. The molecule has 2 aromatic rings. The van der Waals surface area contributed by atoms with E-state index >= 15 is 0 Å². The van der Waals surface area contributed by atoms with Crippen LogP contribution in [-0.4, -0.2) is 29.0 Å². The predicted molar refractivity (Wildman–Crippen MR) is 82.0 cm³/mol. The second-order valence-electron chi connectivity index (χ2n) is 5.51. The van der Waals surface area contributed by atoms with Crippen molar-refractivity contribution < 1.29 is 13.6 Å². The van der Waals surface area contributed by atoms with Crippen LogP contribution in [0, 0.1) is 11.6 Å². The van der Waals surface area contributed by atoms with Crippen LogP contribution in [0.4, 0.5) is 14.7 Å². The van der Waals surface area contributed by atoms with Gasteiger partial charge in [0.15, 0.2) is 0 Å². The van der Waals surface area contributed by atoms with Crippen LogP contribution in [0.5, 0.6) is 0 Å². The summed E-state index contributed by atoms with van der Waals surface area (Å²) in [5.74, 6) is -1.76. The lowest BCUT2D eigenvalue weighted by Crippen LogP contribution is -2.31. The maximum absolute atomic E-state index is 13.4. The molecule has 1 amide bonds. The molecule has 1 fully saturated rings. The molecule has 5 nitrogen and oxygen atoms in total. The number of nitrogens with two attached hydrogens (primary N) is 1. The monoisotopic (exact) mass is 318 g/mol. The minimum Gasteiger partial charge on any atom is -0.364 e. The topological polar surface area (TPSA) is 72.1 Å². The normalized spacial score (nSPS) is 14.8. The molecule has 0 atom stereocenters. The lowest BCUT2D eigenvalue weighted by molar-refractivity contribution is 0.0995. The highest BCUT2D eigenvalue weighted by Crippen LogP contribution is 2.24. The van der Waals surface area contributed by atoms with Crippen LogP contribution in [0.1, 0.15) is 29.8 Å². The third-order valence-electron chi connectivity index (χ3n) is 3.76. The highest BCUT2D eigenvalue weighted by molar-refractivity contribution is 5.92. The number of hydrogen-bond acceptors (Lipinski definition) is 4. The SMILES string of the molecule is NC(=O)c1cc(-c2cc(F)cc(F)c2)nc(N2CCCCC2)n1. The van der Waals surface area contributed by atoms with Gasteiger partial charge in [-0.15, -0.1) is 0 Å². The maximum Gasteiger partial charge on any atom is 0.267 e. The zero-order valence-electron chi connectivity index (χ0n) is 12.4. The Kier molecular flexibility index (Phi) is 4.18. The van der Waals surface area contributed by atoms with Gasteiger partial charge in [0.2, 0.25) is 5.95 Å². The molecule has 0 radical (unpaired) electrons. The van der Waals surface area contributed by atoms with Crippen molar-refractivity contribution in [2.24, 2.45) is 5.73 Å². The molecule has 23 heavy (non-hydrogen) atoms. The molecule has 7 heteroatoms. The van der Waals surface area contributed by atoms with Crippen molar-refractivity contribution in [3.63, 3.8) is 0 Å². The average molecular weight is 318 g/mol. The van der Waals surface area contributed by atoms with Crippen LogP contribution >= 0.6 is 0 Å². The number of carbonyl (C=O) groups excluding carboxylic acids is 1. The second kappa shape index (κ2) is 6.28. The Hall–Kier alpha value is -2.57. The van der Waals surface area contributed by atoms with Crippen molar-refractivity contribution in [2.75, 3.05) is 18.0 Å². The van der Waals surface area contributed by atoms with Gasteiger partial charge >= 0.3 is 0 Å². The zero-order valence-corrected chi connectivity index (χ0v) is 12.4. The molecular weight excluding hydrogens is 302 g/mol. The van der Waals surface area contributed by atoms with E-state index in [1.807, 2.05) is 4.90 Å². The second-order valence-corrected chi connectivity index (χ2v) is 5.51. The molecule has 0 aliphatic carbocycles. The van der Waals surface area contributed by atoms with Gasteiger partial charge in [0.05, 0.1) is 5.69 Å². The standard InChI is InChI=1S/C16H16F2N4O/c17-11-6-10(7-12(18)8-11)13-9-14(15(19)23)21-16(20-13)22-4-2-1-3-5-22/h6-9H,1-5H2,(H2,19,23). The van der Waals surface area contributed by atoms with E-state index in [4.69, 9.17) is 5.73 Å². The highest BCUT2D eigenvalue weighted by atomic mass is 19.1. The molecule has 2 N–H and O–H groups in total. The molecule has 1 saturated heterocycles. The van der Waals surface area contributed by atoms with Crippen LogP contribution in [-0.2, 0) is 0 Å². The Balaban J connectivity index is 2.08. The number of primary amides is 1. The van der Waals surface area contributed by atoms with E-state index in [-0.39, 0.29) is 17.0 Å². The summed E-state index contributed by atoms with van der Waals surface area (Å²) in [5, 5.41) is 0. The molecule has 2 heterocycles. The number of amides is 1. The summed E-state index contributed by atoms with van der Waals surface area (Å²) in [7, 11) is 0. The van der Waals surface area contributed by atoms with E-state index in [0.29, 0.717) is 5.95 Å². The Labute approximate surface area is 132 Å². The summed E-state index contributed by atoms with van der Waals surface area (Å²) >= 11 is 0. The number of nitrogens with zero attached hydrogens (tertiary/aromatic N) is 3. The van der Waals surface area contributed by atoms with E-state index in [9.17, 15) is 13.6 Å². The Bertz CT molecular complexity index is 725. The molecule has 120 valence electrons. The van der Waals surface area contributed by atoms with Crippen LogP contribution in [0.15, 0.2) is 24.3 Å². The minimum absolute atomic E-state index is 0.0280. The van der Waals surface area contributed by atoms with E-state index in [1.54, 1.807) is 0 Å². The minimum atomic E-state index is -0.709. The van der Waals surface area contributed by atoms with Crippen LogP contribution in [0.3, 0.4) is 0 Å². The number of piperidine rings is 1. The number of rotatable bonds is 3. The van der Waals surface area contributed by atoms with E-state index in [2.05, 4.69) is 9.97 Å². The number of aromatic nitrogens is 2. The van der Waals surface area contributed by atoms with Crippen LogP contribution < -0.4 is 10.6 Å². The average Bonchev–Trinajstić information content (AvgIpc) is 2.54. The molecule has 1 aliphatic rings. The fraction of sp³-hybridized carbons (Fsp3) is 0.312. The molecule has 1 aromatic heterocycles. The van der Waals surface area contributed by atoms with Gasteiger partial charge in [0.25, 0.3) is 5.91 Å². The van der Waals surface area contributed by atoms with Gasteiger partial charge in [0, 0.05) is 24.7 Å². The van der Waals surface area contributed by atoms with Gasteiger partial charge in [-0.3, -0.25) is 4.79 Å². The number of anilines is 1. The molecule has 0 unspecified atom stereocenters. The molecule has 0 saturated carbocycles. The lowest BCUT2D eigenvalue weighted by atomic mass is 10.1. The highest BCUT2D eigenvalue weighted by Gasteiger charge is 2.18. The largest absolute Gasteiger partial charge is 0.364 e. The van der Waals surface area contributed by atoms with Crippen LogP contribution in [0.2, 0.25) is 0 Å². The fourth-order valence-electron chi connectivity index (χ4n) is 2.65. The third-order valence-corrected chi connectivity index (χ3v) is 3.76. The van der Waals surface area contributed by atoms with Gasteiger partial charge in [-0.1, -0.05) is 0 Å². The van der Waals surface area contributed by atoms with Gasteiger partial charge < -0.3 is 10.6 Å². The van der Waals surface area contributed by atoms with Crippen molar-refractivity contribution in [1.82, 2.24) is 9.97 Å². The Morgan fingerprint density at radius 3 is 2.26 bits per heavy atom. The van der Waals surface area contributed by atoms with Crippen molar-refractivity contribution in [3.8, 4) is 11.3 Å². The summed E-state index contributed by atoms with van der Waals surface area (Å²) in [6.07, 6.45) is 3.15. The number of hydrogen-bond donors (Lipinski definition) is 1. The maximum atomic E-state index is 13.4. The van der Waals surface area contributed by atoms with Crippen molar-refractivity contribution >= 4 is 11.9 Å². The molecule has 0 bridgehead atoms. The third kappa shape index (κ3) is 3.44. The number of halogens is 2. The fourth-order valence-corrected chi connectivity index (χ4v) is 2.65. The molecule has 1 aromatic carbocycles. The van der Waals surface area contributed by atoms with Crippen molar-refractivity contribution in [3.05, 3.63) is 41.6 Å². The molecule has 1 aliphatic heterocycles. The Morgan fingerprint density at radius 1 is 1.00 bits per heavy atom. The zero-order chi connectivity index (χ0) is 16.4. The van der Waals surface area contributed by atoms with Gasteiger partial charge in [-0.25, -0.2) is 18.7 Å². The van der Waals surface area contributed by atoms with E-state index in [1.165, 1.54) is 6.07 Å². The first-order valence-electron chi connectivity index (χ1n) is 7.43. The summed E-state index contributed by atoms with van der Waals surface area (Å²) in [6.45, 7) is 1.55. The van der Waals surface area contributed by atoms with Crippen molar-refractivity contribution in [2.45, 2.75) is 19.3 Å². The summed E-state index contributed by atoms with van der Waals surface area (Å²) < 4.78 is 26.9. The number of benzene rings is 1.